The number of anilines is 1. The first-order valence-corrected chi connectivity index (χ1v) is 9.13. The van der Waals surface area contributed by atoms with Gasteiger partial charge in [-0.1, -0.05) is 12.1 Å². The number of likely N-dealkylation sites (N-methyl/N-ethyl adjacent to an activating group) is 1. The summed E-state index contributed by atoms with van der Waals surface area (Å²) in [5, 5.41) is 2.25. The first kappa shape index (κ1) is 21.1. The van der Waals surface area contributed by atoms with E-state index in [4.69, 9.17) is 0 Å². The molecule has 3 rings (SSSR count). The van der Waals surface area contributed by atoms with Crippen LogP contribution in [0, 0.1) is 0 Å². The molecule has 30 heavy (non-hydrogen) atoms. The largest absolute Gasteiger partial charge is 0.418 e. The van der Waals surface area contributed by atoms with E-state index in [-0.39, 0.29) is 18.8 Å². The fourth-order valence-corrected chi connectivity index (χ4v) is 2.90. The number of rotatable bonds is 6. The van der Waals surface area contributed by atoms with Gasteiger partial charge in [0.1, 0.15) is 6.54 Å². The van der Waals surface area contributed by atoms with E-state index in [0.29, 0.717) is 5.56 Å². The monoisotopic (exact) mass is 416 g/mol. The minimum Gasteiger partial charge on any atom is -0.330 e. The van der Waals surface area contributed by atoms with Gasteiger partial charge in [0, 0.05) is 30.2 Å². The van der Waals surface area contributed by atoms with Crippen molar-refractivity contribution in [2.45, 2.75) is 13.1 Å². The average Bonchev–Trinajstić information content (AvgIpc) is 3.26. The molecule has 2 amide bonds. The van der Waals surface area contributed by atoms with Crippen molar-refractivity contribution < 1.29 is 22.8 Å². The highest BCUT2D eigenvalue weighted by molar-refractivity contribution is 5.99. The summed E-state index contributed by atoms with van der Waals surface area (Å²) >= 11 is 0. The molecule has 2 aromatic carbocycles. The van der Waals surface area contributed by atoms with Gasteiger partial charge in [0.05, 0.1) is 17.6 Å². The molecule has 1 heterocycles. The second-order valence-electron chi connectivity index (χ2n) is 6.43. The molecule has 0 aliphatic carbocycles. The fraction of sp³-hybridized carbons (Fsp3) is 0.190. The van der Waals surface area contributed by atoms with Gasteiger partial charge in [0.2, 0.25) is 5.91 Å². The molecule has 1 aromatic heterocycles. The highest BCUT2D eigenvalue weighted by atomic mass is 19.4. The Morgan fingerprint density at radius 1 is 1.10 bits per heavy atom. The SMILES string of the molecule is CCN(CC(=O)Nc1ccccc1C(F)(F)F)C(=O)c1ccc(-n2ccnc2)cc1. The van der Waals surface area contributed by atoms with Crippen LogP contribution in [0.15, 0.2) is 67.3 Å². The predicted octanol–water partition coefficient (Wildman–Crippen LogP) is 3.99. The van der Waals surface area contributed by atoms with E-state index in [1.54, 1.807) is 54.5 Å². The molecule has 6 nitrogen and oxygen atoms in total. The number of aromatic nitrogens is 2. The number of carbonyl (C=O) groups excluding carboxylic acids is 2. The number of imidazole rings is 1. The standard InChI is InChI=1S/C21H19F3N4O2/c1-2-27(13-19(29)26-18-6-4-3-5-17(18)21(22,23)24)20(30)15-7-9-16(10-8-15)28-12-11-25-14-28/h3-12,14H,2,13H2,1H3,(H,26,29). The van der Waals surface area contributed by atoms with E-state index in [9.17, 15) is 22.8 Å². The molecular weight excluding hydrogens is 397 g/mol. The highest BCUT2D eigenvalue weighted by Crippen LogP contribution is 2.34. The minimum absolute atomic E-state index is 0.219. The third kappa shape index (κ3) is 4.86. The van der Waals surface area contributed by atoms with Crippen LogP contribution in [0.3, 0.4) is 0 Å². The van der Waals surface area contributed by atoms with Crippen LogP contribution in [-0.2, 0) is 11.0 Å². The number of nitrogens with zero attached hydrogens (tertiary/aromatic N) is 3. The molecule has 0 bridgehead atoms. The Labute approximate surface area is 171 Å². The zero-order valence-corrected chi connectivity index (χ0v) is 16.1. The molecule has 0 aliphatic rings. The van der Waals surface area contributed by atoms with Crippen LogP contribution in [0.25, 0.3) is 5.69 Å². The molecule has 0 spiro atoms. The maximum Gasteiger partial charge on any atom is 0.418 e. The zero-order chi connectivity index (χ0) is 21.7. The molecule has 1 N–H and O–H groups in total. The van der Waals surface area contributed by atoms with Crippen molar-refractivity contribution in [2.75, 3.05) is 18.4 Å². The Morgan fingerprint density at radius 3 is 2.40 bits per heavy atom. The minimum atomic E-state index is -4.60. The first-order chi connectivity index (χ1) is 14.3. The molecular formula is C21H19F3N4O2. The summed E-state index contributed by atoms with van der Waals surface area (Å²) in [6.45, 7) is 1.54. The van der Waals surface area contributed by atoms with Crippen molar-refractivity contribution in [3.05, 3.63) is 78.4 Å². The van der Waals surface area contributed by atoms with E-state index in [2.05, 4.69) is 10.3 Å². The fourth-order valence-electron chi connectivity index (χ4n) is 2.90. The van der Waals surface area contributed by atoms with E-state index in [0.717, 1.165) is 11.8 Å². The number of carbonyl (C=O) groups is 2. The summed E-state index contributed by atoms with van der Waals surface area (Å²) in [6, 6.07) is 11.4. The van der Waals surface area contributed by atoms with Crippen molar-refractivity contribution in [3.8, 4) is 5.69 Å². The summed E-state index contributed by atoms with van der Waals surface area (Å²) in [4.78, 5) is 30.3. The Morgan fingerprint density at radius 2 is 1.80 bits per heavy atom. The van der Waals surface area contributed by atoms with Gasteiger partial charge in [-0.05, 0) is 43.3 Å². The number of para-hydroxylation sites is 1. The summed E-state index contributed by atoms with van der Waals surface area (Å²) in [7, 11) is 0. The van der Waals surface area contributed by atoms with Gasteiger partial charge in [-0.15, -0.1) is 0 Å². The summed E-state index contributed by atoms with van der Waals surface area (Å²) in [6.07, 6.45) is 0.422. The topological polar surface area (TPSA) is 67.2 Å². The Balaban J connectivity index is 1.69. The number of hydrogen-bond acceptors (Lipinski definition) is 3. The molecule has 0 atom stereocenters. The number of alkyl halides is 3. The Kier molecular flexibility index (Phi) is 6.20. The number of benzene rings is 2. The third-order valence-corrected chi connectivity index (χ3v) is 4.43. The first-order valence-electron chi connectivity index (χ1n) is 9.13. The average molecular weight is 416 g/mol. The van der Waals surface area contributed by atoms with Crippen LogP contribution >= 0.6 is 0 Å². The molecule has 3 aromatic rings. The van der Waals surface area contributed by atoms with Crippen LogP contribution in [-0.4, -0.2) is 39.4 Å². The summed E-state index contributed by atoms with van der Waals surface area (Å²) in [5.74, 6) is -1.11. The van der Waals surface area contributed by atoms with Crippen molar-refractivity contribution in [2.24, 2.45) is 0 Å². The van der Waals surface area contributed by atoms with E-state index in [1.807, 2.05) is 0 Å². The van der Waals surface area contributed by atoms with Crippen LogP contribution in [0.4, 0.5) is 18.9 Å². The molecule has 0 unspecified atom stereocenters. The Bertz CT molecular complexity index is 1020. The zero-order valence-electron chi connectivity index (χ0n) is 16.1. The van der Waals surface area contributed by atoms with Crippen molar-refractivity contribution in [1.82, 2.24) is 14.5 Å². The number of amides is 2. The van der Waals surface area contributed by atoms with Gasteiger partial charge in [-0.2, -0.15) is 13.2 Å². The maximum absolute atomic E-state index is 13.1. The van der Waals surface area contributed by atoms with Gasteiger partial charge in [-0.25, -0.2) is 4.98 Å². The number of nitrogens with one attached hydrogen (secondary N) is 1. The smallest absolute Gasteiger partial charge is 0.330 e. The second kappa shape index (κ2) is 8.81. The van der Waals surface area contributed by atoms with Crippen molar-refractivity contribution in [1.29, 1.82) is 0 Å². The molecule has 0 saturated heterocycles. The number of hydrogen-bond donors (Lipinski definition) is 1. The lowest BCUT2D eigenvalue weighted by Crippen LogP contribution is -2.38. The lowest BCUT2D eigenvalue weighted by atomic mass is 10.1. The van der Waals surface area contributed by atoms with Crippen LogP contribution in [0.5, 0.6) is 0 Å². The second-order valence-corrected chi connectivity index (χ2v) is 6.43. The van der Waals surface area contributed by atoms with Crippen LogP contribution < -0.4 is 5.32 Å². The molecule has 0 radical (unpaired) electrons. The Hall–Kier alpha value is -3.62. The number of halogens is 3. The van der Waals surface area contributed by atoms with Gasteiger partial charge in [0.15, 0.2) is 0 Å². The normalized spacial score (nSPS) is 11.2. The molecule has 0 aliphatic heterocycles. The van der Waals surface area contributed by atoms with Crippen molar-refractivity contribution >= 4 is 17.5 Å². The van der Waals surface area contributed by atoms with Gasteiger partial charge in [0.25, 0.3) is 5.91 Å². The van der Waals surface area contributed by atoms with E-state index < -0.39 is 23.6 Å². The maximum atomic E-state index is 13.1. The predicted molar refractivity (Wildman–Crippen MR) is 105 cm³/mol. The van der Waals surface area contributed by atoms with Gasteiger partial charge < -0.3 is 14.8 Å². The molecule has 9 heteroatoms. The lowest BCUT2D eigenvalue weighted by molar-refractivity contribution is -0.137. The summed E-state index contributed by atoms with van der Waals surface area (Å²) in [5.41, 5.74) is -0.108. The summed E-state index contributed by atoms with van der Waals surface area (Å²) < 4.78 is 41.0. The van der Waals surface area contributed by atoms with Crippen LogP contribution in [0.1, 0.15) is 22.8 Å². The van der Waals surface area contributed by atoms with Crippen molar-refractivity contribution in [3.63, 3.8) is 0 Å². The molecule has 156 valence electrons. The molecule has 0 saturated carbocycles. The lowest BCUT2D eigenvalue weighted by Gasteiger charge is -2.21. The van der Waals surface area contributed by atoms with E-state index >= 15 is 0 Å². The van der Waals surface area contributed by atoms with Gasteiger partial charge in [-0.3, -0.25) is 9.59 Å². The van der Waals surface area contributed by atoms with E-state index in [1.165, 1.54) is 23.1 Å². The van der Waals surface area contributed by atoms with Gasteiger partial charge >= 0.3 is 6.18 Å². The highest BCUT2D eigenvalue weighted by Gasteiger charge is 2.33. The van der Waals surface area contributed by atoms with Crippen LogP contribution in [0.2, 0.25) is 0 Å². The quantitative estimate of drug-likeness (QED) is 0.661. The molecule has 0 fully saturated rings. The third-order valence-electron chi connectivity index (χ3n) is 4.43.